The van der Waals surface area contributed by atoms with Crippen molar-refractivity contribution >= 4 is 6.21 Å². The Bertz CT molecular complexity index is 563. The average Bonchev–Trinajstić information content (AvgIpc) is 2.92. The Balaban J connectivity index is 1.61. The maximum Gasteiger partial charge on any atom is 0.129 e. The minimum Gasteiger partial charge on any atom is -0.395 e. The van der Waals surface area contributed by atoms with E-state index in [9.17, 15) is 5.11 Å². The second-order valence-corrected chi connectivity index (χ2v) is 8.03. The van der Waals surface area contributed by atoms with Crippen molar-refractivity contribution in [2.24, 2.45) is 28.8 Å². The first-order chi connectivity index (χ1) is 12.1. The summed E-state index contributed by atoms with van der Waals surface area (Å²) in [4.78, 5) is 11.6. The molecule has 138 valence electrons. The monoisotopic (exact) mass is 345 g/mol. The third-order valence-electron chi connectivity index (χ3n) is 6.00. The van der Waals surface area contributed by atoms with Crippen LogP contribution in [-0.4, -0.2) is 54.6 Å². The normalized spacial score (nSPS) is 35.2. The number of aliphatic hydroxyl groups excluding tert-OH is 1. The number of nitrogens with zero attached hydrogens (tertiary/aromatic N) is 3. The van der Waals surface area contributed by atoms with Crippen molar-refractivity contribution in [1.82, 2.24) is 9.88 Å². The van der Waals surface area contributed by atoms with Crippen LogP contribution in [0.5, 0.6) is 0 Å². The molecule has 3 rings (SSSR count). The second kappa shape index (κ2) is 8.28. The van der Waals surface area contributed by atoms with E-state index in [4.69, 9.17) is 4.84 Å². The van der Waals surface area contributed by atoms with E-state index in [0.29, 0.717) is 36.2 Å². The SMILES string of the molecule is CC1C[C@H](c2ccncc2)C[C@@H]2C(O)C[C@H](/C=N/OCCN(C)C)[C@@H]12. The zero-order valence-electron chi connectivity index (χ0n) is 15.6. The molecule has 2 aliphatic carbocycles. The number of hydrogen-bond acceptors (Lipinski definition) is 5. The van der Waals surface area contributed by atoms with Gasteiger partial charge >= 0.3 is 0 Å². The minimum atomic E-state index is -0.227. The molecular weight excluding hydrogens is 314 g/mol. The number of fused-ring (bicyclic) bond motifs is 1. The molecule has 0 aromatic carbocycles. The predicted molar refractivity (Wildman–Crippen MR) is 99.5 cm³/mol. The van der Waals surface area contributed by atoms with Gasteiger partial charge in [0.25, 0.3) is 0 Å². The molecule has 1 aromatic rings. The molecule has 2 fully saturated rings. The number of rotatable bonds is 6. The van der Waals surface area contributed by atoms with Crippen molar-refractivity contribution in [3.63, 3.8) is 0 Å². The summed E-state index contributed by atoms with van der Waals surface area (Å²) in [5.74, 6) is 2.30. The highest BCUT2D eigenvalue weighted by Crippen LogP contribution is 2.52. The summed E-state index contributed by atoms with van der Waals surface area (Å²) in [5.41, 5.74) is 1.36. The van der Waals surface area contributed by atoms with Gasteiger partial charge in [-0.05, 0) is 74.7 Å². The fraction of sp³-hybridized carbons (Fsp3) is 0.700. The van der Waals surface area contributed by atoms with Crippen LogP contribution in [0.1, 0.15) is 37.7 Å². The molecule has 1 heterocycles. The molecule has 0 spiro atoms. The van der Waals surface area contributed by atoms with E-state index in [2.05, 4.69) is 34.1 Å². The van der Waals surface area contributed by atoms with Crippen molar-refractivity contribution in [2.75, 3.05) is 27.2 Å². The van der Waals surface area contributed by atoms with Crippen molar-refractivity contribution in [3.05, 3.63) is 30.1 Å². The number of likely N-dealkylation sites (N-methyl/N-ethyl adjacent to an activating group) is 1. The quantitative estimate of drug-likeness (QED) is 0.489. The number of oxime groups is 1. The average molecular weight is 345 g/mol. The first-order valence-electron chi connectivity index (χ1n) is 9.44. The molecule has 2 saturated carbocycles. The Kier molecular flexibility index (Phi) is 6.07. The third-order valence-corrected chi connectivity index (χ3v) is 6.00. The van der Waals surface area contributed by atoms with Crippen molar-refractivity contribution in [1.29, 1.82) is 0 Å². The summed E-state index contributed by atoms with van der Waals surface area (Å²) in [5, 5.41) is 14.8. The zero-order chi connectivity index (χ0) is 17.8. The van der Waals surface area contributed by atoms with Gasteiger partial charge in [-0.2, -0.15) is 0 Å². The maximum absolute atomic E-state index is 10.6. The summed E-state index contributed by atoms with van der Waals surface area (Å²) in [7, 11) is 4.04. The molecule has 2 unspecified atom stereocenters. The van der Waals surface area contributed by atoms with E-state index in [1.54, 1.807) is 0 Å². The topological polar surface area (TPSA) is 58.0 Å². The molecule has 0 aliphatic heterocycles. The van der Waals surface area contributed by atoms with Gasteiger partial charge < -0.3 is 14.8 Å². The summed E-state index contributed by atoms with van der Waals surface area (Å²) >= 11 is 0. The van der Waals surface area contributed by atoms with Crippen LogP contribution in [0.3, 0.4) is 0 Å². The van der Waals surface area contributed by atoms with Gasteiger partial charge in [-0.1, -0.05) is 12.1 Å². The largest absolute Gasteiger partial charge is 0.395 e. The molecule has 1 aromatic heterocycles. The lowest BCUT2D eigenvalue weighted by atomic mass is 9.66. The van der Waals surface area contributed by atoms with Gasteiger partial charge in [-0.25, -0.2) is 0 Å². The van der Waals surface area contributed by atoms with Gasteiger partial charge in [-0.3, -0.25) is 4.98 Å². The van der Waals surface area contributed by atoms with Crippen LogP contribution in [-0.2, 0) is 4.84 Å². The smallest absolute Gasteiger partial charge is 0.129 e. The first-order valence-corrected chi connectivity index (χ1v) is 9.44. The van der Waals surface area contributed by atoms with Crippen LogP contribution in [0, 0.1) is 23.7 Å². The number of hydrogen-bond donors (Lipinski definition) is 1. The van der Waals surface area contributed by atoms with E-state index in [1.165, 1.54) is 12.0 Å². The summed E-state index contributed by atoms with van der Waals surface area (Å²) < 4.78 is 0. The van der Waals surface area contributed by atoms with Crippen molar-refractivity contribution in [3.8, 4) is 0 Å². The molecule has 0 bridgehead atoms. The lowest BCUT2D eigenvalue weighted by Gasteiger charge is -2.39. The highest BCUT2D eigenvalue weighted by Gasteiger charge is 2.48. The Morgan fingerprint density at radius 1 is 1.28 bits per heavy atom. The van der Waals surface area contributed by atoms with E-state index >= 15 is 0 Å². The lowest BCUT2D eigenvalue weighted by Crippen LogP contribution is -2.34. The van der Waals surface area contributed by atoms with E-state index in [-0.39, 0.29) is 6.10 Å². The van der Waals surface area contributed by atoms with Crippen LogP contribution in [0.25, 0.3) is 0 Å². The van der Waals surface area contributed by atoms with Crippen LogP contribution >= 0.6 is 0 Å². The molecule has 25 heavy (non-hydrogen) atoms. The lowest BCUT2D eigenvalue weighted by molar-refractivity contribution is 0.0659. The van der Waals surface area contributed by atoms with Crippen molar-refractivity contribution < 1.29 is 9.94 Å². The molecule has 5 nitrogen and oxygen atoms in total. The molecule has 2 aliphatic rings. The number of pyridine rings is 1. The zero-order valence-corrected chi connectivity index (χ0v) is 15.6. The predicted octanol–water partition coefficient (Wildman–Crippen LogP) is 2.77. The molecule has 0 amide bonds. The Labute approximate surface area is 151 Å². The summed E-state index contributed by atoms with van der Waals surface area (Å²) in [6, 6.07) is 4.24. The summed E-state index contributed by atoms with van der Waals surface area (Å²) in [6.07, 6.45) is 8.51. The van der Waals surface area contributed by atoms with Gasteiger partial charge in [0, 0.05) is 31.1 Å². The third kappa shape index (κ3) is 4.39. The fourth-order valence-corrected chi connectivity index (χ4v) is 4.84. The number of aromatic nitrogens is 1. The highest BCUT2D eigenvalue weighted by atomic mass is 16.6. The number of aliphatic hydroxyl groups is 1. The fourth-order valence-electron chi connectivity index (χ4n) is 4.84. The van der Waals surface area contributed by atoms with Crippen LogP contribution in [0.4, 0.5) is 0 Å². The van der Waals surface area contributed by atoms with Gasteiger partial charge in [0.2, 0.25) is 0 Å². The molecule has 6 atom stereocenters. The van der Waals surface area contributed by atoms with E-state index < -0.39 is 0 Å². The first kappa shape index (κ1) is 18.3. The Morgan fingerprint density at radius 3 is 2.76 bits per heavy atom. The van der Waals surface area contributed by atoms with Crippen LogP contribution < -0.4 is 0 Å². The van der Waals surface area contributed by atoms with Crippen LogP contribution in [0.2, 0.25) is 0 Å². The van der Waals surface area contributed by atoms with E-state index in [0.717, 1.165) is 19.4 Å². The van der Waals surface area contributed by atoms with E-state index in [1.807, 2.05) is 32.7 Å². The summed E-state index contributed by atoms with van der Waals surface area (Å²) in [6.45, 7) is 3.80. The molecule has 5 heteroatoms. The Morgan fingerprint density at radius 2 is 2.04 bits per heavy atom. The second-order valence-electron chi connectivity index (χ2n) is 8.03. The van der Waals surface area contributed by atoms with Gasteiger partial charge in [0.1, 0.15) is 6.61 Å². The van der Waals surface area contributed by atoms with Gasteiger partial charge in [-0.15, -0.1) is 0 Å². The molecule has 0 saturated heterocycles. The minimum absolute atomic E-state index is 0.227. The standard InChI is InChI=1S/C20H31N3O2/c1-14-10-16(15-4-6-21-7-5-15)11-18-19(24)12-17(20(14)18)13-22-25-9-8-23(2)3/h4-7,13-14,16-20,24H,8-12H2,1-3H3/b22-13+/t14?,16-,17+,18+,19?,20+/m0/s1. The van der Waals surface area contributed by atoms with Gasteiger partial charge in [0.05, 0.1) is 6.10 Å². The Hall–Kier alpha value is -1.46. The maximum atomic E-state index is 10.6. The van der Waals surface area contributed by atoms with Gasteiger partial charge in [0.15, 0.2) is 0 Å². The molecule has 0 radical (unpaired) electrons. The van der Waals surface area contributed by atoms with Crippen molar-refractivity contribution in [2.45, 2.75) is 38.2 Å². The van der Waals surface area contributed by atoms with Crippen LogP contribution in [0.15, 0.2) is 29.7 Å². The molecular formula is C20H31N3O2. The molecule has 1 N–H and O–H groups in total. The highest BCUT2D eigenvalue weighted by molar-refractivity contribution is 5.61.